The Labute approximate surface area is 376 Å². The number of rotatable bonds is 45. The van der Waals surface area contributed by atoms with Crippen molar-refractivity contribution in [3.05, 3.63) is 0 Å². The highest BCUT2D eigenvalue weighted by Crippen LogP contribution is 2.17. The van der Waals surface area contributed by atoms with Crippen molar-refractivity contribution in [2.24, 2.45) is 0 Å². The summed E-state index contributed by atoms with van der Waals surface area (Å²) in [6.45, 7) is 12.2. The molecule has 2 unspecified atom stereocenters. The molecule has 10 heteroatoms. The van der Waals surface area contributed by atoms with Crippen molar-refractivity contribution < 1.29 is 30.0 Å². The van der Waals surface area contributed by atoms with Gasteiger partial charge in [0, 0.05) is 26.2 Å². The number of carbonyl (C=O) groups excluding carboxylic acids is 2. The second-order valence-electron chi connectivity index (χ2n) is 19.2. The maximum Gasteiger partial charge on any atom is 0.243 e. The first-order valence-electron chi connectivity index (χ1n) is 26.4. The maximum absolute atomic E-state index is 13.1. The van der Waals surface area contributed by atoms with Gasteiger partial charge in [0.05, 0.1) is 24.4 Å². The van der Waals surface area contributed by atoms with Crippen molar-refractivity contribution in [2.45, 2.75) is 276 Å². The molecule has 0 spiro atoms. The minimum Gasteiger partial charge on any atom is -0.392 e. The highest BCUT2D eigenvalue weighted by Gasteiger charge is 2.33. The number of unbranched alkanes of at least 4 members (excludes halogenated alkanes) is 23. The number of amides is 2. The average Bonchev–Trinajstić information content (AvgIpc) is 3.22. The molecular weight excluding hydrogens is 765 g/mol. The van der Waals surface area contributed by atoms with Crippen molar-refractivity contribution in [2.75, 3.05) is 39.3 Å². The van der Waals surface area contributed by atoms with Gasteiger partial charge in [0.15, 0.2) is 0 Å². The summed E-state index contributed by atoms with van der Waals surface area (Å²) in [7, 11) is 0. The fourth-order valence-electron chi connectivity index (χ4n) is 9.05. The molecule has 1 heterocycles. The van der Waals surface area contributed by atoms with Crippen molar-refractivity contribution in [1.29, 1.82) is 0 Å². The summed E-state index contributed by atoms with van der Waals surface area (Å²) in [5.74, 6) is -0.246. The van der Waals surface area contributed by atoms with Gasteiger partial charge in [0.1, 0.15) is 12.1 Å². The highest BCUT2D eigenvalue weighted by atomic mass is 16.3. The smallest absolute Gasteiger partial charge is 0.243 e. The number of aliphatic hydroxyl groups excluding tert-OH is 4. The van der Waals surface area contributed by atoms with Crippen LogP contribution in [0.1, 0.15) is 240 Å². The number of nitrogens with zero attached hydrogens (tertiary/aromatic N) is 2. The number of piperazine rings is 1. The van der Waals surface area contributed by atoms with E-state index in [0.29, 0.717) is 39.0 Å². The van der Waals surface area contributed by atoms with Crippen LogP contribution in [0.2, 0.25) is 0 Å². The summed E-state index contributed by atoms with van der Waals surface area (Å²) in [6, 6.07) is -1.08. The Hall–Kier alpha value is -1.30. The van der Waals surface area contributed by atoms with E-state index in [1.165, 1.54) is 116 Å². The third-order valence-electron chi connectivity index (χ3n) is 12.8. The predicted molar refractivity (Wildman–Crippen MR) is 256 cm³/mol. The molecule has 0 aromatic carbocycles. The first kappa shape index (κ1) is 57.7. The minimum atomic E-state index is -0.540. The molecule has 1 aliphatic heterocycles. The zero-order chi connectivity index (χ0) is 44.8. The van der Waals surface area contributed by atoms with Crippen LogP contribution >= 0.6 is 0 Å². The van der Waals surface area contributed by atoms with E-state index in [-0.39, 0.29) is 11.8 Å². The molecule has 1 fully saturated rings. The Morgan fingerprint density at radius 1 is 0.410 bits per heavy atom. The van der Waals surface area contributed by atoms with E-state index in [1.54, 1.807) is 6.92 Å². The molecule has 0 bridgehead atoms. The molecule has 1 saturated heterocycles. The van der Waals surface area contributed by atoms with Gasteiger partial charge in [0.25, 0.3) is 0 Å². The van der Waals surface area contributed by atoms with Crippen LogP contribution in [0.3, 0.4) is 0 Å². The monoisotopic (exact) mass is 867 g/mol. The molecule has 0 aromatic heterocycles. The Kier molecular flexibility index (Phi) is 38.1. The summed E-state index contributed by atoms with van der Waals surface area (Å²) in [5.41, 5.74) is 0. The van der Waals surface area contributed by atoms with Gasteiger partial charge in [0.2, 0.25) is 11.8 Å². The Bertz CT molecular complexity index is 976. The zero-order valence-corrected chi connectivity index (χ0v) is 40.5. The predicted octanol–water partition coefficient (Wildman–Crippen LogP) is 9.97. The Balaban J connectivity index is 2.47. The van der Waals surface area contributed by atoms with Gasteiger partial charge < -0.3 is 31.1 Å². The number of hydrogen-bond acceptors (Lipinski definition) is 8. The highest BCUT2D eigenvalue weighted by molar-refractivity contribution is 5.96. The third-order valence-corrected chi connectivity index (χ3v) is 12.8. The summed E-state index contributed by atoms with van der Waals surface area (Å²) in [6.07, 6.45) is 34.7. The number of nitrogens with one attached hydrogen (secondary N) is 2. The van der Waals surface area contributed by atoms with Gasteiger partial charge in [-0.05, 0) is 77.8 Å². The summed E-state index contributed by atoms with van der Waals surface area (Å²) < 4.78 is 0. The topological polar surface area (TPSA) is 146 Å². The van der Waals surface area contributed by atoms with Crippen LogP contribution in [0.15, 0.2) is 0 Å². The fourth-order valence-corrected chi connectivity index (χ4v) is 9.05. The lowest BCUT2D eigenvalue weighted by Gasteiger charge is -2.31. The Morgan fingerprint density at radius 3 is 0.984 bits per heavy atom. The molecule has 61 heavy (non-hydrogen) atoms. The van der Waals surface area contributed by atoms with Gasteiger partial charge >= 0.3 is 0 Å². The minimum absolute atomic E-state index is 0.122. The molecule has 1 aliphatic rings. The van der Waals surface area contributed by atoms with Crippen LogP contribution in [0, 0.1) is 0 Å². The summed E-state index contributed by atoms with van der Waals surface area (Å²) in [5, 5.41) is 48.7. The van der Waals surface area contributed by atoms with E-state index in [4.69, 9.17) is 0 Å². The fraction of sp³-hybridized carbons (Fsp3) is 0.961. The van der Waals surface area contributed by atoms with Crippen molar-refractivity contribution in [1.82, 2.24) is 20.4 Å². The molecule has 6 N–H and O–H groups in total. The van der Waals surface area contributed by atoms with E-state index in [0.717, 1.165) is 96.6 Å². The van der Waals surface area contributed by atoms with Crippen LogP contribution in [-0.2, 0) is 9.59 Å². The molecular formula is C51H102N4O6. The van der Waals surface area contributed by atoms with Crippen LogP contribution in [0.4, 0.5) is 0 Å². The number of hydrogen-bond donors (Lipinski definition) is 6. The molecule has 10 nitrogen and oxygen atoms in total. The first-order valence-corrected chi connectivity index (χ1v) is 26.4. The quantitative estimate of drug-likeness (QED) is 0.0332. The molecule has 6 atom stereocenters. The van der Waals surface area contributed by atoms with Gasteiger partial charge in [-0.2, -0.15) is 0 Å². The largest absolute Gasteiger partial charge is 0.392 e. The van der Waals surface area contributed by atoms with Crippen molar-refractivity contribution in [3.8, 4) is 0 Å². The molecule has 362 valence electrons. The van der Waals surface area contributed by atoms with E-state index < -0.39 is 36.5 Å². The Morgan fingerprint density at radius 2 is 0.689 bits per heavy atom. The summed E-state index contributed by atoms with van der Waals surface area (Å²) in [4.78, 5) is 30.5. The SMILES string of the molecule is CCCCCCCCCC[C@@H](O)CN(CCCCC1NC(=O)C(CCCCN(C[C@H](O)CCCCCCCCCC)C[C@@H](C)O)NC1=O)C[C@H](O)CCCCCCCCCC. The van der Waals surface area contributed by atoms with Crippen LogP contribution in [-0.4, -0.2) is 118 Å². The van der Waals surface area contributed by atoms with E-state index in [2.05, 4.69) is 41.2 Å². The van der Waals surface area contributed by atoms with Crippen LogP contribution < -0.4 is 10.6 Å². The third kappa shape index (κ3) is 33.8. The van der Waals surface area contributed by atoms with E-state index in [1.807, 2.05) is 0 Å². The molecule has 2 amide bonds. The second kappa shape index (κ2) is 40.2. The van der Waals surface area contributed by atoms with Gasteiger partial charge in [-0.25, -0.2) is 0 Å². The van der Waals surface area contributed by atoms with Crippen LogP contribution in [0.5, 0.6) is 0 Å². The van der Waals surface area contributed by atoms with Gasteiger partial charge in [-0.1, -0.05) is 175 Å². The van der Waals surface area contributed by atoms with Gasteiger partial charge in [-0.3, -0.25) is 19.4 Å². The lowest BCUT2D eigenvalue weighted by Crippen LogP contribution is -2.61. The molecule has 0 aliphatic carbocycles. The van der Waals surface area contributed by atoms with E-state index >= 15 is 0 Å². The summed E-state index contributed by atoms with van der Waals surface area (Å²) >= 11 is 0. The second-order valence-corrected chi connectivity index (χ2v) is 19.2. The zero-order valence-electron chi connectivity index (χ0n) is 40.5. The number of aliphatic hydroxyl groups is 4. The van der Waals surface area contributed by atoms with E-state index in [9.17, 15) is 30.0 Å². The van der Waals surface area contributed by atoms with Crippen molar-refractivity contribution in [3.63, 3.8) is 0 Å². The van der Waals surface area contributed by atoms with Crippen molar-refractivity contribution >= 4 is 11.8 Å². The van der Waals surface area contributed by atoms with Gasteiger partial charge in [-0.15, -0.1) is 0 Å². The first-order chi connectivity index (χ1) is 29.6. The molecule has 0 saturated carbocycles. The molecule has 0 aromatic rings. The lowest BCUT2D eigenvalue weighted by atomic mass is 10.0. The number of carbonyl (C=O) groups is 2. The molecule has 0 radical (unpaired) electrons. The standard InChI is InChI=1S/C51H102N4O6/c1-5-8-11-14-17-20-23-26-33-45(57)41-54(40-44(4)56)38-31-29-36-48-50(60)53-49(51(61)52-48)37-30-32-39-55(42-46(58)34-27-24-21-18-15-12-9-6-2)43-47(59)35-28-25-22-19-16-13-10-7-3/h44-49,56-59H,5-43H2,1-4H3,(H,52,61)(H,53,60)/t44-,45-,46-,47-,48?,49?/m1/s1. The normalized spacial score (nSPS) is 17.8. The molecule has 1 rings (SSSR count). The average molecular weight is 867 g/mol. The van der Waals surface area contributed by atoms with Crippen LogP contribution in [0.25, 0.3) is 0 Å². The maximum atomic E-state index is 13.1. The lowest BCUT2D eigenvalue weighted by molar-refractivity contribution is -0.137.